The normalized spacial score (nSPS) is 22.0. The van der Waals surface area contributed by atoms with Crippen molar-refractivity contribution in [3.8, 4) is 11.4 Å². The zero-order valence-corrected chi connectivity index (χ0v) is 13.0. The average Bonchev–Trinajstić information content (AvgIpc) is 2.94. The lowest BCUT2D eigenvalue weighted by Gasteiger charge is -2.26. The quantitative estimate of drug-likeness (QED) is 0.524. The highest BCUT2D eigenvalue weighted by Crippen LogP contribution is 2.12. The van der Waals surface area contributed by atoms with Gasteiger partial charge in [-0.3, -0.25) is 10.1 Å². The molecule has 8 nitrogen and oxygen atoms in total. The molecule has 1 fully saturated rings. The predicted octanol–water partition coefficient (Wildman–Crippen LogP) is -0.650. The van der Waals surface area contributed by atoms with Gasteiger partial charge in [0, 0.05) is 50.6 Å². The number of β-amino-alcohol motifs (C(OH)–C–C–N with tert-alkyl or cyclic N) is 1. The molecule has 2 aromatic heterocycles. The third-order valence-electron chi connectivity index (χ3n) is 3.69. The third kappa shape index (κ3) is 4.55. The van der Waals surface area contributed by atoms with E-state index in [0.717, 1.165) is 17.9 Å². The van der Waals surface area contributed by atoms with Gasteiger partial charge in [-0.15, -0.1) is 0 Å². The lowest BCUT2D eigenvalue weighted by molar-refractivity contribution is -0.0260. The van der Waals surface area contributed by atoms with Gasteiger partial charge in [0.2, 0.25) is 0 Å². The molecule has 3 rings (SSSR count). The second-order valence-corrected chi connectivity index (χ2v) is 5.73. The van der Waals surface area contributed by atoms with Gasteiger partial charge in [0.05, 0.1) is 13.2 Å². The molecule has 0 radical (unpaired) electrons. The molecule has 124 valence electrons. The Hall–Kier alpha value is -1.87. The maximum atomic E-state index is 10.4. The number of hydrogen-bond acceptors (Lipinski definition) is 7. The Morgan fingerprint density at radius 2 is 2.39 bits per heavy atom. The highest BCUT2D eigenvalue weighted by atomic mass is 16.5. The van der Waals surface area contributed by atoms with Gasteiger partial charge >= 0.3 is 0 Å². The summed E-state index contributed by atoms with van der Waals surface area (Å²) < 4.78 is 5.39. The van der Waals surface area contributed by atoms with Crippen molar-refractivity contribution in [3.05, 3.63) is 30.4 Å². The smallest absolute Gasteiger partial charge is 0.182 e. The lowest BCUT2D eigenvalue weighted by Crippen LogP contribution is -2.50. The summed E-state index contributed by atoms with van der Waals surface area (Å²) in [5.74, 6) is 1.45. The minimum atomic E-state index is -0.862. The molecule has 1 saturated heterocycles. The van der Waals surface area contributed by atoms with E-state index in [0.29, 0.717) is 45.1 Å². The standard InChI is InChI=1S/C15H22N6O2/c22-15(10-18-6-7-23-11-15)9-17-5-3-13-19-14(21-20-13)12-2-1-4-16-8-12/h1-2,4,8,17-18,22H,3,5-7,9-11H2,(H,19,20,21). The van der Waals surface area contributed by atoms with E-state index in [1.165, 1.54) is 0 Å². The molecule has 0 aromatic carbocycles. The second-order valence-electron chi connectivity index (χ2n) is 5.73. The van der Waals surface area contributed by atoms with Crippen LogP contribution in [0.5, 0.6) is 0 Å². The Kier molecular flexibility index (Phi) is 5.29. The fraction of sp³-hybridized carbons (Fsp3) is 0.533. The van der Waals surface area contributed by atoms with Crippen LogP contribution in [0.1, 0.15) is 5.82 Å². The van der Waals surface area contributed by atoms with E-state index < -0.39 is 5.60 Å². The van der Waals surface area contributed by atoms with Crippen LogP contribution in [0.4, 0.5) is 0 Å². The second kappa shape index (κ2) is 7.60. The predicted molar refractivity (Wildman–Crippen MR) is 84.8 cm³/mol. The molecule has 0 bridgehead atoms. The minimum absolute atomic E-state index is 0.348. The van der Waals surface area contributed by atoms with E-state index in [-0.39, 0.29) is 0 Å². The SMILES string of the molecule is OC1(CNCCc2nc(-c3cccnc3)n[nH]2)CNCCOC1. The molecule has 1 atom stereocenters. The lowest BCUT2D eigenvalue weighted by atomic mass is 10.1. The molecule has 4 N–H and O–H groups in total. The summed E-state index contributed by atoms with van der Waals surface area (Å²) in [6, 6.07) is 3.78. The van der Waals surface area contributed by atoms with Crippen molar-refractivity contribution in [2.24, 2.45) is 0 Å². The number of ether oxygens (including phenoxy) is 1. The van der Waals surface area contributed by atoms with Crippen LogP contribution in [0.15, 0.2) is 24.5 Å². The van der Waals surface area contributed by atoms with E-state index >= 15 is 0 Å². The first kappa shape index (κ1) is 16.0. The largest absolute Gasteiger partial charge is 0.385 e. The van der Waals surface area contributed by atoms with Gasteiger partial charge in [0.15, 0.2) is 5.82 Å². The van der Waals surface area contributed by atoms with Crippen LogP contribution in [0.3, 0.4) is 0 Å². The van der Waals surface area contributed by atoms with Crippen LogP contribution in [-0.2, 0) is 11.2 Å². The summed E-state index contributed by atoms with van der Waals surface area (Å²) in [6.07, 6.45) is 4.16. The van der Waals surface area contributed by atoms with E-state index in [1.807, 2.05) is 12.1 Å². The Morgan fingerprint density at radius 3 is 3.26 bits per heavy atom. The highest BCUT2D eigenvalue weighted by molar-refractivity contribution is 5.52. The molecular weight excluding hydrogens is 296 g/mol. The molecule has 0 aliphatic carbocycles. The van der Waals surface area contributed by atoms with E-state index in [9.17, 15) is 5.11 Å². The molecule has 23 heavy (non-hydrogen) atoms. The minimum Gasteiger partial charge on any atom is -0.385 e. The zero-order chi connectivity index (χ0) is 16.0. The fourth-order valence-electron chi connectivity index (χ4n) is 2.45. The molecule has 1 aliphatic heterocycles. The van der Waals surface area contributed by atoms with Crippen LogP contribution < -0.4 is 10.6 Å². The number of pyridine rings is 1. The van der Waals surface area contributed by atoms with Crippen molar-refractivity contribution in [2.75, 3.05) is 39.4 Å². The Morgan fingerprint density at radius 1 is 1.43 bits per heavy atom. The molecule has 1 unspecified atom stereocenters. The number of hydrogen-bond donors (Lipinski definition) is 4. The Labute approximate surface area is 134 Å². The Balaban J connectivity index is 1.45. The van der Waals surface area contributed by atoms with Crippen LogP contribution in [0.25, 0.3) is 11.4 Å². The van der Waals surface area contributed by atoms with Gasteiger partial charge < -0.3 is 20.5 Å². The fourth-order valence-corrected chi connectivity index (χ4v) is 2.45. The summed E-state index contributed by atoms with van der Waals surface area (Å²) in [6.45, 7) is 3.47. The molecule has 1 aliphatic rings. The van der Waals surface area contributed by atoms with Crippen molar-refractivity contribution in [1.82, 2.24) is 30.8 Å². The van der Waals surface area contributed by atoms with Crippen LogP contribution in [0, 0.1) is 0 Å². The van der Waals surface area contributed by atoms with Crippen molar-refractivity contribution in [2.45, 2.75) is 12.0 Å². The van der Waals surface area contributed by atoms with Gasteiger partial charge in [0.1, 0.15) is 11.4 Å². The van der Waals surface area contributed by atoms with Crippen molar-refractivity contribution in [1.29, 1.82) is 0 Å². The zero-order valence-electron chi connectivity index (χ0n) is 13.0. The van der Waals surface area contributed by atoms with Crippen molar-refractivity contribution >= 4 is 0 Å². The van der Waals surface area contributed by atoms with E-state index in [1.54, 1.807) is 12.4 Å². The summed E-state index contributed by atoms with van der Waals surface area (Å²) in [5, 5.41) is 24.0. The number of nitrogens with zero attached hydrogens (tertiary/aromatic N) is 3. The highest BCUT2D eigenvalue weighted by Gasteiger charge is 2.28. The number of H-pyrrole nitrogens is 1. The van der Waals surface area contributed by atoms with Gasteiger partial charge in [-0.05, 0) is 12.1 Å². The number of aromatic nitrogens is 4. The third-order valence-corrected chi connectivity index (χ3v) is 3.69. The van der Waals surface area contributed by atoms with Gasteiger partial charge in [-0.1, -0.05) is 0 Å². The number of aromatic amines is 1. The van der Waals surface area contributed by atoms with Gasteiger partial charge in [-0.25, -0.2) is 4.98 Å². The summed E-state index contributed by atoms with van der Waals surface area (Å²) in [4.78, 5) is 8.51. The number of nitrogens with one attached hydrogen (secondary N) is 3. The molecule has 2 aromatic rings. The van der Waals surface area contributed by atoms with Crippen LogP contribution >= 0.6 is 0 Å². The maximum absolute atomic E-state index is 10.4. The van der Waals surface area contributed by atoms with E-state index in [2.05, 4.69) is 30.8 Å². The van der Waals surface area contributed by atoms with E-state index in [4.69, 9.17) is 4.74 Å². The van der Waals surface area contributed by atoms with Crippen molar-refractivity contribution < 1.29 is 9.84 Å². The monoisotopic (exact) mass is 318 g/mol. The molecule has 8 heteroatoms. The van der Waals surface area contributed by atoms with Crippen molar-refractivity contribution in [3.63, 3.8) is 0 Å². The van der Waals surface area contributed by atoms with Gasteiger partial charge in [-0.2, -0.15) is 5.10 Å². The first-order valence-electron chi connectivity index (χ1n) is 7.78. The summed E-state index contributed by atoms with van der Waals surface area (Å²) in [5.41, 5.74) is 0.0256. The summed E-state index contributed by atoms with van der Waals surface area (Å²) >= 11 is 0. The first-order valence-corrected chi connectivity index (χ1v) is 7.78. The summed E-state index contributed by atoms with van der Waals surface area (Å²) in [7, 11) is 0. The average molecular weight is 318 g/mol. The maximum Gasteiger partial charge on any atom is 0.182 e. The molecule has 3 heterocycles. The molecule has 0 saturated carbocycles. The van der Waals surface area contributed by atoms with Crippen LogP contribution in [-0.4, -0.2) is 70.3 Å². The molecular formula is C15H22N6O2. The number of rotatable bonds is 6. The number of aliphatic hydroxyl groups is 1. The van der Waals surface area contributed by atoms with Gasteiger partial charge in [0.25, 0.3) is 0 Å². The first-order chi connectivity index (χ1) is 11.3. The van der Waals surface area contributed by atoms with Crippen LogP contribution in [0.2, 0.25) is 0 Å². The molecule has 0 spiro atoms. The topological polar surface area (TPSA) is 108 Å². The molecule has 0 amide bonds. The Bertz CT molecular complexity index is 595.